The van der Waals surface area contributed by atoms with Gasteiger partial charge in [-0.2, -0.15) is 0 Å². The lowest BCUT2D eigenvalue weighted by Gasteiger charge is -2.09. The lowest BCUT2D eigenvalue weighted by molar-refractivity contribution is 0.102. The van der Waals surface area contributed by atoms with Crippen molar-refractivity contribution in [2.75, 3.05) is 5.32 Å². The number of nitrogens with zero attached hydrogens (tertiary/aromatic N) is 1. The highest BCUT2D eigenvalue weighted by atomic mass is 19.1. The molecule has 3 aromatic rings. The fraction of sp³-hybridized carbons (Fsp3) is 0.0588. The van der Waals surface area contributed by atoms with Crippen LogP contribution in [0.15, 0.2) is 42.5 Å². The van der Waals surface area contributed by atoms with Crippen LogP contribution in [0.4, 0.5) is 18.9 Å². The van der Waals surface area contributed by atoms with E-state index in [0.29, 0.717) is 22.7 Å². The smallest absolute Gasteiger partial charge is 0.257 e. The van der Waals surface area contributed by atoms with E-state index in [-0.39, 0.29) is 11.3 Å². The molecule has 0 aliphatic heterocycles. The molecule has 0 saturated heterocycles. The second kappa shape index (κ2) is 5.72. The summed E-state index contributed by atoms with van der Waals surface area (Å²) in [5, 5.41) is 3.01. The summed E-state index contributed by atoms with van der Waals surface area (Å²) in [5.74, 6) is -2.55. The molecule has 116 valence electrons. The minimum absolute atomic E-state index is 0.00565. The Bertz CT molecular complexity index is 905. The van der Waals surface area contributed by atoms with Gasteiger partial charge in [0.2, 0.25) is 0 Å². The molecule has 1 amide bonds. The fourth-order valence-electron chi connectivity index (χ4n) is 2.29. The van der Waals surface area contributed by atoms with Crippen LogP contribution >= 0.6 is 0 Å². The second-order valence-electron chi connectivity index (χ2n) is 5.07. The Labute approximate surface area is 129 Å². The maximum absolute atomic E-state index is 13.2. The summed E-state index contributed by atoms with van der Waals surface area (Å²) in [6, 6.07) is 8.35. The molecule has 1 aromatic heterocycles. The van der Waals surface area contributed by atoms with E-state index in [9.17, 15) is 18.0 Å². The number of hydrogen-bond donors (Lipinski definition) is 1. The van der Waals surface area contributed by atoms with Gasteiger partial charge in [0, 0.05) is 23.2 Å². The summed E-state index contributed by atoms with van der Waals surface area (Å²) < 4.78 is 39.5. The van der Waals surface area contributed by atoms with Crippen LogP contribution in [-0.4, -0.2) is 10.9 Å². The van der Waals surface area contributed by atoms with Crippen molar-refractivity contribution in [3.63, 3.8) is 0 Å². The molecule has 0 fully saturated rings. The molecule has 23 heavy (non-hydrogen) atoms. The number of carbonyl (C=O) groups excluding carboxylic acids is 1. The number of carbonyl (C=O) groups is 1. The topological polar surface area (TPSA) is 42.0 Å². The molecular formula is C17H11F3N2O. The summed E-state index contributed by atoms with van der Waals surface area (Å²) in [6.45, 7) is 1.60. The standard InChI is InChI=1S/C17H11F3N2O/c1-9-15(4-10-2-3-11(18)8-16(10)21-9)17(23)22-14-6-12(19)5-13(20)7-14/h2-8H,1H3,(H,22,23). The number of anilines is 1. The van der Waals surface area contributed by atoms with Gasteiger partial charge in [0.1, 0.15) is 17.5 Å². The van der Waals surface area contributed by atoms with Crippen LogP contribution in [-0.2, 0) is 0 Å². The Morgan fingerprint density at radius 3 is 2.35 bits per heavy atom. The van der Waals surface area contributed by atoms with Gasteiger partial charge >= 0.3 is 0 Å². The van der Waals surface area contributed by atoms with E-state index in [1.54, 1.807) is 13.0 Å². The van der Waals surface area contributed by atoms with Gasteiger partial charge < -0.3 is 5.32 Å². The third kappa shape index (κ3) is 3.15. The monoisotopic (exact) mass is 316 g/mol. The van der Waals surface area contributed by atoms with Crippen molar-refractivity contribution in [1.29, 1.82) is 0 Å². The number of halogens is 3. The largest absolute Gasteiger partial charge is 0.322 e. The SMILES string of the molecule is Cc1nc2cc(F)ccc2cc1C(=O)Nc1cc(F)cc(F)c1. The lowest BCUT2D eigenvalue weighted by atomic mass is 10.1. The molecule has 0 unspecified atom stereocenters. The number of fused-ring (bicyclic) bond motifs is 1. The summed E-state index contributed by atoms with van der Waals surface area (Å²) in [5.41, 5.74) is 1.06. The van der Waals surface area contributed by atoms with E-state index in [0.717, 1.165) is 12.1 Å². The van der Waals surface area contributed by atoms with Crippen LogP contribution in [0, 0.1) is 24.4 Å². The number of rotatable bonds is 2. The third-order valence-electron chi connectivity index (χ3n) is 3.34. The van der Waals surface area contributed by atoms with Gasteiger partial charge in [0.15, 0.2) is 0 Å². The van der Waals surface area contributed by atoms with Gasteiger partial charge in [-0.25, -0.2) is 13.2 Å². The summed E-state index contributed by atoms with van der Waals surface area (Å²) in [4.78, 5) is 16.5. The Kier molecular flexibility index (Phi) is 3.73. The first-order valence-corrected chi connectivity index (χ1v) is 6.77. The molecule has 3 rings (SSSR count). The van der Waals surface area contributed by atoms with Crippen molar-refractivity contribution in [3.8, 4) is 0 Å². The minimum Gasteiger partial charge on any atom is -0.322 e. The number of aromatic nitrogens is 1. The number of aryl methyl sites for hydroxylation is 1. The molecule has 0 saturated carbocycles. The molecular weight excluding hydrogens is 305 g/mol. The first kappa shape index (κ1) is 15.0. The molecule has 3 nitrogen and oxygen atoms in total. The van der Waals surface area contributed by atoms with Crippen LogP contribution in [0.1, 0.15) is 16.1 Å². The Morgan fingerprint density at radius 2 is 1.65 bits per heavy atom. The number of nitrogens with one attached hydrogen (secondary N) is 1. The number of pyridine rings is 1. The van der Waals surface area contributed by atoms with Gasteiger partial charge in [0.05, 0.1) is 16.8 Å². The summed E-state index contributed by atoms with van der Waals surface area (Å²) >= 11 is 0. The molecule has 2 aromatic carbocycles. The maximum atomic E-state index is 13.2. The quantitative estimate of drug-likeness (QED) is 0.769. The first-order chi connectivity index (χ1) is 10.9. The van der Waals surface area contributed by atoms with Crippen LogP contribution in [0.25, 0.3) is 10.9 Å². The van der Waals surface area contributed by atoms with Crippen molar-refractivity contribution in [2.24, 2.45) is 0 Å². The number of amides is 1. The normalized spacial score (nSPS) is 10.8. The lowest BCUT2D eigenvalue weighted by Crippen LogP contribution is -2.14. The van der Waals surface area contributed by atoms with Gasteiger partial charge in [-0.1, -0.05) is 0 Å². The van der Waals surface area contributed by atoms with E-state index < -0.39 is 23.4 Å². The predicted octanol–water partition coefficient (Wildman–Crippen LogP) is 4.21. The molecule has 1 N–H and O–H groups in total. The average molecular weight is 316 g/mol. The van der Waals surface area contributed by atoms with Crippen molar-refractivity contribution >= 4 is 22.5 Å². The molecule has 0 spiro atoms. The molecule has 6 heteroatoms. The summed E-state index contributed by atoms with van der Waals surface area (Å²) in [6.07, 6.45) is 0. The Balaban J connectivity index is 1.97. The van der Waals surface area contributed by atoms with Crippen molar-refractivity contribution in [3.05, 3.63) is 71.2 Å². The highest BCUT2D eigenvalue weighted by Crippen LogP contribution is 2.20. The van der Waals surface area contributed by atoms with E-state index in [1.165, 1.54) is 18.2 Å². The molecule has 0 aliphatic rings. The zero-order chi connectivity index (χ0) is 16.6. The maximum Gasteiger partial charge on any atom is 0.257 e. The number of benzene rings is 2. The highest BCUT2D eigenvalue weighted by Gasteiger charge is 2.13. The molecule has 0 aliphatic carbocycles. The fourth-order valence-corrected chi connectivity index (χ4v) is 2.29. The van der Waals surface area contributed by atoms with Gasteiger partial charge in [-0.15, -0.1) is 0 Å². The van der Waals surface area contributed by atoms with Crippen LogP contribution in [0.5, 0.6) is 0 Å². The zero-order valence-electron chi connectivity index (χ0n) is 12.0. The first-order valence-electron chi connectivity index (χ1n) is 6.77. The minimum atomic E-state index is -0.788. The Morgan fingerprint density at radius 1 is 0.957 bits per heavy atom. The molecule has 0 radical (unpaired) electrons. The van der Waals surface area contributed by atoms with Crippen LogP contribution in [0.2, 0.25) is 0 Å². The van der Waals surface area contributed by atoms with Crippen molar-refractivity contribution in [2.45, 2.75) is 6.92 Å². The van der Waals surface area contributed by atoms with E-state index in [1.807, 2.05) is 0 Å². The molecule has 0 bridgehead atoms. The molecule has 1 heterocycles. The van der Waals surface area contributed by atoms with Crippen molar-refractivity contribution in [1.82, 2.24) is 4.98 Å². The van der Waals surface area contributed by atoms with Gasteiger partial charge in [0.25, 0.3) is 5.91 Å². The van der Waals surface area contributed by atoms with Crippen LogP contribution in [0.3, 0.4) is 0 Å². The summed E-state index contributed by atoms with van der Waals surface area (Å²) in [7, 11) is 0. The molecule has 0 atom stereocenters. The highest BCUT2D eigenvalue weighted by molar-refractivity contribution is 6.06. The van der Waals surface area contributed by atoms with Gasteiger partial charge in [-0.05, 0) is 37.3 Å². The number of hydrogen-bond acceptors (Lipinski definition) is 2. The average Bonchev–Trinajstić information content (AvgIpc) is 2.45. The zero-order valence-corrected chi connectivity index (χ0v) is 12.0. The predicted molar refractivity (Wildman–Crippen MR) is 80.7 cm³/mol. The Hall–Kier alpha value is -2.89. The third-order valence-corrected chi connectivity index (χ3v) is 3.34. The van der Waals surface area contributed by atoms with Crippen molar-refractivity contribution < 1.29 is 18.0 Å². The van der Waals surface area contributed by atoms with E-state index in [4.69, 9.17) is 0 Å². The van der Waals surface area contributed by atoms with E-state index >= 15 is 0 Å². The van der Waals surface area contributed by atoms with E-state index in [2.05, 4.69) is 10.3 Å². The second-order valence-corrected chi connectivity index (χ2v) is 5.07. The van der Waals surface area contributed by atoms with Gasteiger partial charge in [-0.3, -0.25) is 9.78 Å². The van der Waals surface area contributed by atoms with Crippen LogP contribution < -0.4 is 5.32 Å².